The number of hydrogen-bond donors (Lipinski definition) is 6. The molecule has 1 unspecified atom stereocenters. The van der Waals surface area contributed by atoms with Crippen molar-refractivity contribution in [1.82, 2.24) is 10.3 Å². The summed E-state index contributed by atoms with van der Waals surface area (Å²) in [4.78, 5) is 39.7. The number of aliphatic carboxylic acids is 1. The van der Waals surface area contributed by atoms with E-state index in [-0.39, 0.29) is 18.7 Å². The molecule has 1 aromatic carbocycles. The van der Waals surface area contributed by atoms with Crippen LogP contribution in [0.25, 0.3) is 0 Å². The van der Waals surface area contributed by atoms with Crippen molar-refractivity contribution in [1.29, 1.82) is 5.41 Å². The minimum absolute atomic E-state index is 0.0912. The Morgan fingerprint density at radius 2 is 1.83 bits per heavy atom. The Hall–Kier alpha value is -3.31. The van der Waals surface area contributed by atoms with Gasteiger partial charge in [0.05, 0.1) is 12.5 Å². The average molecular weight is 419 g/mol. The van der Waals surface area contributed by atoms with E-state index in [4.69, 9.17) is 11.1 Å². The predicted molar refractivity (Wildman–Crippen MR) is 107 cm³/mol. The third-order valence-electron chi connectivity index (χ3n) is 4.01. The lowest BCUT2D eigenvalue weighted by Crippen LogP contribution is -2.46. The maximum atomic E-state index is 12.1. The number of aromatic nitrogens is 1. The van der Waals surface area contributed by atoms with Crippen LogP contribution in [0.4, 0.5) is 5.69 Å². The van der Waals surface area contributed by atoms with Crippen LogP contribution in [0.3, 0.4) is 0 Å². The molecule has 2 atom stereocenters. The summed E-state index contributed by atoms with van der Waals surface area (Å²) in [6, 6.07) is 4.95. The molecule has 0 aliphatic heterocycles. The molecular weight excluding hydrogens is 398 g/mol. The Bertz CT molecular complexity index is 869. The van der Waals surface area contributed by atoms with Crippen molar-refractivity contribution in [2.24, 2.45) is 5.73 Å². The first-order valence-electron chi connectivity index (χ1n) is 8.58. The van der Waals surface area contributed by atoms with Crippen molar-refractivity contribution >= 4 is 40.6 Å². The number of nitrogens with zero attached hydrogens (tertiary/aromatic N) is 1. The highest BCUT2D eigenvalue weighted by Crippen LogP contribution is 2.22. The molecule has 2 aromatic rings. The molecule has 0 bridgehead atoms. The van der Waals surface area contributed by atoms with Crippen molar-refractivity contribution in [3.8, 4) is 0 Å². The number of nitrogen functional groups attached to an aromatic ring is 1. The first-order chi connectivity index (χ1) is 13.8. The standard InChI is InChI=1S/C18H21N5O5S/c19-16(20)10-1-3-11(4-2-10)22-13(25)5-6-14(26)23-15(18(27)28)12(9-24)17-21-7-8-29-17/h1-4,7-8,12,15,24H,5-6,9H2,(H3,19,20)(H,22,25)(H,23,26)(H,27,28)/t12-,15?/m1/s1. The van der Waals surface area contributed by atoms with Crippen molar-refractivity contribution in [2.75, 3.05) is 11.9 Å². The van der Waals surface area contributed by atoms with E-state index in [1.54, 1.807) is 29.6 Å². The summed E-state index contributed by atoms with van der Waals surface area (Å²) < 4.78 is 0. The van der Waals surface area contributed by atoms with Gasteiger partial charge in [0.25, 0.3) is 0 Å². The van der Waals surface area contributed by atoms with Gasteiger partial charge in [-0.05, 0) is 24.3 Å². The fraction of sp³-hybridized carbons (Fsp3) is 0.278. The Morgan fingerprint density at radius 3 is 2.34 bits per heavy atom. The number of nitrogens with one attached hydrogen (secondary N) is 3. The number of hydrogen-bond acceptors (Lipinski definition) is 7. The molecule has 29 heavy (non-hydrogen) atoms. The van der Waals surface area contributed by atoms with E-state index in [2.05, 4.69) is 15.6 Å². The zero-order valence-electron chi connectivity index (χ0n) is 15.3. The van der Waals surface area contributed by atoms with Crippen LogP contribution in [0, 0.1) is 5.41 Å². The lowest BCUT2D eigenvalue weighted by Gasteiger charge is -2.21. The molecule has 0 aliphatic rings. The SMILES string of the molecule is N=C(N)c1ccc(NC(=O)CCC(=O)NC(C(=O)O)[C@@H](CO)c2nccs2)cc1. The number of rotatable bonds is 10. The zero-order valence-corrected chi connectivity index (χ0v) is 16.1. The summed E-state index contributed by atoms with van der Waals surface area (Å²) >= 11 is 1.18. The van der Waals surface area contributed by atoms with Gasteiger partial charge in [-0.2, -0.15) is 0 Å². The highest BCUT2D eigenvalue weighted by Gasteiger charge is 2.32. The van der Waals surface area contributed by atoms with Crippen molar-refractivity contribution in [2.45, 2.75) is 24.8 Å². The van der Waals surface area contributed by atoms with Gasteiger partial charge in [0, 0.05) is 35.7 Å². The number of anilines is 1. The minimum atomic E-state index is -1.36. The summed E-state index contributed by atoms with van der Waals surface area (Å²) in [5, 5.41) is 33.2. The number of benzene rings is 1. The van der Waals surface area contributed by atoms with Gasteiger partial charge in [-0.3, -0.25) is 15.0 Å². The fourth-order valence-electron chi connectivity index (χ4n) is 2.51. The number of aliphatic hydroxyl groups is 1. The topological polar surface area (TPSA) is 178 Å². The normalized spacial score (nSPS) is 12.6. The summed E-state index contributed by atoms with van der Waals surface area (Å²) in [7, 11) is 0. The van der Waals surface area contributed by atoms with Crippen LogP contribution < -0.4 is 16.4 Å². The molecule has 7 N–H and O–H groups in total. The maximum absolute atomic E-state index is 12.1. The first kappa shape index (κ1) is 22.0. The van der Waals surface area contributed by atoms with E-state index >= 15 is 0 Å². The van der Waals surface area contributed by atoms with Crippen LogP contribution in [0.15, 0.2) is 35.8 Å². The second kappa shape index (κ2) is 10.3. The molecule has 1 heterocycles. The molecule has 1 aromatic heterocycles. The summed E-state index contributed by atoms with van der Waals surface area (Å²) in [5.74, 6) is -3.34. The van der Waals surface area contributed by atoms with Gasteiger partial charge < -0.3 is 26.6 Å². The fourth-order valence-corrected chi connectivity index (χ4v) is 3.28. The summed E-state index contributed by atoms with van der Waals surface area (Å²) in [6.45, 7) is -0.499. The average Bonchev–Trinajstić information content (AvgIpc) is 3.21. The van der Waals surface area contributed by atoms with Gasteiger partial charge in [-0.1, -0.05) is 0 Å². The number of carbonyl (C=O) groups excluding carboxylic acids is 2. The monoisotopic (exact) mass is 419 g/mol. The Balaban J connectivity index is 1.89. The Labute approximate surface area is 170 Å². The van der Waals surface area contributed by atoms with E-state index in [1.165, 1.54) is 17.5 Å². The van der Waals surface area contributed by atoms with Crippen LogP contribution in [-0.4, -0.2) is 51.5 Å². The van der Waals surface area contributed by atoms with Gasteiger partial charge in [0.1, 0.15) is 16.9 Å². The second-order valence-electron chi connectivity index (χ2n) is 6.08. The van der Waals surface area contributed by atoms with E-state index in [0.29, 0.717) is 16.3 Å². The van der Waals surface area contributed by atoms with Gasteiger partial charge in [-0.15, -0.1) is 11.3 Å². The Kier molecular flexibility index (Phi) is 7.80. The smallest absolute Gasteiger partial charge is 0.327 e. The van der Waals surface area contributed by atoms with Gasteiger partial charge >= 0.3 is 5.97 Å². The number of aliphatic hydroxyl groups excluding tert-OH is 1. The molecule has 2 rings (SSSR count). The van der Waals surface area contributed by atoms with Gasteiger partial charge in [0.2, 0.25) is 11.8 Å². The molecule has 0 saturated heterocycles. The number of amides is 2. The van der Waals surface area contributed by atoms with E-state index in [0.717, 1.165) is 0 Å². The summed E-state index contributed by atoms with van der Waals surface area (Å²) in [6.07, 6.45) is 1.10. The van der Waals surface area contributed by atoms with Crippen LogP contribution >= 0.6 is 11.3 Å². The summed E-state index contributed by atoms with van der Waals surface area (Å²) in [5.41, 5.74) is 6.35. The molecular formula is C18H21N5O5S. The zero-order chi connectivity index (χ0) is 21.4. The minimum Gasteiger partial charge on any atom is -0.480 e. The van der Waals surface area contributed by atoms with Crippen LogP contribution in [0.1, 0.15) is 29.3 Å². The van der Waals surface area contributed by atoms with Crippen LogP contribution in [0.5, 0.6) is 0 Å². The number of carbonyl (C=O) groups is 3. The van der Waals surface area contributed by atoms with E-state index in [9.17, 15) is 24.6 Å². The molecule has 0 fully saturated rings. The molecule has 0 aliphatic carbocycles. The Morgan fingerprint density at radius 1 is 1.17 bits per heavy atom. The third kappa shape index (κ3) is 6.36. The van der Waals surface area contributed by atoms with E-state index in [1.807, 2.05) is 0 Å². The highest BCUT2D eigenvalue weighted by atomic mass is 32.1. The molecule has 0 radical (unpaired) electrons. The van der Waals surface area contributed by atoms with Gasteiger partial charge in [0.15, 0.2) is 0 Å². The number of carboxylic acid groups (broad SMARTS) is 1. The van der Waals surface area contributed by atoms with Crippen molar-refractivity contribution in [3.63, 3.8) is 0 Å². The molecule has 0 spiro atoms. The third-order valence-corrected chi connectivity index (χ3v) is 4.92. The number of amidine groups is 1. The first-order valence-corrected chi connectivity index (χ1v) is 9.46. The van der Waals surface area contributed by atoms with Crippen LogP contribution in [0.2, 0.25) is 0 Å². The lowest BCUT2D eigenvalue weighted by atomic mass is 10.0. The van der Waals surface area contributed by atoms with E-state index < -0.39 is 36.4 Å². The molecule has 0 saturated carbocycles. The van der Waals surface area contributed by atoms with Crippen molar-refractivity contribution < 1.29 is 24.6 Å². The number of nitrogens with two attached hydrogens (primary N) is 1. The second-order valence-corrected chi connectivity index (χ2v) is 7.01. The van der Waals surface area contributed by atoms with Gasteiger partial charge in [-0.25, -0.2) is 9.78 Å². The largest absolute Gasteiger partial charge is 0.480 e. The molecule has 2 amide bonds. The highest BCUT2D eigenvalue weighted by molar-refractivity contribution is 7.09. The number of carboxylic acids is 1. The molecule has 10 nitrogen and oxygen atoms in total. The quantitative estimate of drug-likeness (QED) is 0.239. The van der Waals surface area contributed by atoms with Crippen molar-refractivity contribution in [3.05, 3.63) is 46.4 Å². The molecule has 154 valence electrons. The lowest BCUT2D eigenvalue weighted by molar-refractivity contribution is -0.143. The maximum Gasteiger partial charge on any atom is 0.327 e. The van der Waals surface area contributed by atoms with Crippen LogP contribution in [-0.2, 0) is 14.4 Å². The number of thiazole rings is 1. The molecule has 11 heteroatoms. The predicted octanol–water partition coefficient (Wildman–Crippen LogP) is 0.491.